The Hall–Kier alpha value is -3.84. The third-order valence-corrected chi connectivity index (χ3v) is 4.69. The number of anilines is 1. The van der Waals surface area contributed by atoms with Crippen LogP contribution >= 0.6 is 11.6 Å². The van der Waals surface area contributed by atoms with E-state index >= 15 is 0 Å². The Morgan fingerprint density at radius 2 is 1.81 bits per heavy atom. The molecular weight excluding hydrogens is 418 g/mol. The van der Waals surface area contributed by atoms with Crippen LogP contribution in [0, 0.1) is 0 Å². The molecule has 4 aromatic rings. The van der Waals surface area contributed by atoms with E-state index in [4.69, 9.17) is 25.6 Å². The van der Waals surface area contributed by atoms with Gasteiger partial charge in [-0.1, -0.05) is 59.2 Å². The highest BCUT2D eigenvalue weighted by molar-refractivity contribution is 6.32. The van der Waals surface area contributed by atoms with E-state index < -0.39 is 0 Å². The van der Waals surface area contributed by atoms with Crippen LogP contribution in [-0.4, -0.2) is 23.2 Å². The first-order valence-electron chi connectivity index (χ1n) is 9.39. The highest BCUT2D eigenvalue weighted by Gasteiger charge is 2.15. The quantitative estimate of drug-likeness (QED) is 0.427. The fourth-order valence-corrected chi connectivity index (χ4v) is 3.14. The number of nitrogens with one attached hydrogen (secondary N) is 1. The number of nitrogens with zero attached hydrogens (tertiary/aromatic N) is 2. The number of rotatable bonds is 7. The van der Waals surface area contributed by atoms with E-state index in [0.717, 1.165) is 5.56 Å². The summed E-state index contributed by atoms with van der Waals surface area (Å²) in [5.41, 5.74) is 1.74. The number of amides is 1. The summed E-state index contributed by atoms with van der Waals surface area (Å²) in [6.07, 6.45) is 0. The molecule has 4 rings (SSSR count). The van der Waals surface area contributed by atoms with Crippen LogP contribution in [0.5, 0.6) is 11.5 Å². The molecule has 156 valence electrons. The van der Waals surface area contributed by atoms with E-state index in [9.17, 15) is 4.79 Å². The lowest BCUT2D eigenvalue weighted by Crippen LogP contribution is -2.13. The largest absolute Gasteiger partial charge is 0.495 e. The van der Waals surface area contributed by atoms with Gasteiger partial charge >= 0.3 is 0 Å². The van der Waals surface area contributed by atoms with Gasteiger partial charge in [-0.25, -0.2) is 0 Å². The zero-order valence-corrected chi connectivity index (χ0v) is 17.3. The van der Waals surface area contributed by atoms with Crippen molar-refractivity contribution >= 4 is 23.2 Å². The maximum absolute atomic E-state index is 12.8. The molecule has 7 nitrogen and oxygen atoms in total. The van der Waals surface area contributed by atoms with E-state index in [0.29, 0.717) is 39.5 Å². The third kappa shape index (κ3) is 4.84. The Morgan fingerprint density at radius 3 is 2.58 bits per heavy atom. The maximum Gasteiger partial charge on any atom is 0.264 e. The van der Waals surface area contributed by atoms with E-state index in [1.54, 1.807) is 42.5 Å². The number of benzene rings is 3. The number of methoxy groups -OCH3 is 1. The van der Waals surface area contributed by atoms with Gasteiger partial charge in [0.1, 0.15) is 11.5 Å². The minimum absolute atomic E-state index is 0.0263. The number of carbonyl (C=O) groups excluding carboxylic acids is 1. The minimum Gasteiger partial charge on any atom is -0.495 e. The number of halogens is 1. The summed E-state index contributed by atoms with van der Waals surface area (Å²) < 4.78 is 16.2. The number of carbonyl (C=O) groups is 1. The second-order valence-corrected chi connectivity index (χ2v) is 6.87. The van der Waals surface area contributed by atoms with Gasteiger partial charge in [-0.3, -0.25) is 4.79 Å². The topological polar surface area (TPSA) is 86.5 Å². The third-order valence-electron chi connectivity index (χ3n) is 4.39. The molecule has 1 N–H and O–H groups in total. The average Bonchev–Trinajstić information content (AvgIpc) is 3.28. The normalized spacial score (nSPS) is 10.5. The van der Waals surface area contributed by atoms with Gasteiger partial charge in [-0.15, -0.1) is 0 Å². The van der Waals surface area contributed by atoms with Crippen molar-refractivity contribution in [3.63, 3.8) is 0 Å². The van der Waals surface area contributed by atoms with Crippen molar-refractivity contribution in [2.45, 2.75) is 6.61 Å². The Labute approximate surface area is 183 Å². The van der Waals surface area contributed by atoms with Crippen LogP contribution in [0.2, 0.25) is 5.02 Å². The summed E-state index contributed by atoms with van der Waals surface area (Å²) in [6, 6.07) is 21.4. The van der Waals surface area contributed by atoms with Crippen LogP contribution in [0.4, 0.5) is 5.69 Å². The second-order valence-electron chi connectivity index (χ2n) is 6.47. The van der Waals surface area contributed by atoms with E-state index in [-0.39, 0.29) is 12.5 Å². The van der Waals surface area contributed by atoms with Gasteiger partial charge in [0.2, 0.25) is 5.82 Å². The van der Waals surface area contributed by atoms with Crippen molar-refractivity contribution < 1.29 is 18.8 Å². The standard InChI is InChI=1S/C23H18ClN3O4/c1-29-20-12-11-16(13-18(20)24)25-23(28)17-9-5-6-10-19(17)30-14-21-26-22(27-31-21)15-7-3-2-4-8-15/h2-13H,14H2,1H3,(H,25,28). The number of hydrogen-bond donors (Lipinski definition) is 1. The molecule has 0 aliphatic heterocycles. The van der Waals surface area contributed by atoms with Gasteiger partial charge < -0.3 is 19.3 Å². The van der Waals surface area contributed by atoms with E-state index in [1.807, 2.05) is 30.3 Å². The molecule has 3 aromatic carbocycles. The zero-order valence-electron chi connectivity index (χ0n) is 16.5. The summed E-state index contributed by atoms with van der Waals surface area (Å²) >= 11 is 6.13. The summed E-state index contributed by atoms with van der Waals surface area (Å²) in [7, 11) is 1.53. The summed E-state index contributed by atoms with van der Waals surface area (Å²) in [4.78, 5) is 17.1. The molecule has 0 unspecified atom stereocenters. The maximum atomic E-state index is 12.8. The van der Waals surface area contributed by atoms with Crippen molar-refractivity contribution in [2.75, 3.05) is 12.4 Å². The Kier molecular flexibility index (Phi) is 6.14. The first-order chi connectivity index (χ1) is 15.1. The molecule has 31 heavy (non-hydrogen) atoms. The predicted molar refractivity (Wildman–Crippen MR) is 116 cm³/mol. The highest BCUT2D eigenvalue weighted by Crippen LogP contribution is 2.28. The smallest absolute Gasteiger partial charge is 0.264 e. The van der Waals surface area contributed by atoms with Gasteiger partial charge in [0.25, 0.3) is 11.8 Å². The van der Waals surface area contributed by atoms with Crippen LogP contribution < -0.4 is 14.8 Å². The average molecular weight is 436 g/mol. The van der Waals surface area contributed by atoms with Gasteiger partial charge in [0.05, 0.1) is 17.7 Å². The van der Waals surface area contributed by atoms with Crippen molar-refractivity contribution in [3.8, 4) is 22.9 Å². The Morgan fingerprint density at radius 1 is 1.03 bits per heavy atom. The molecule has 8 heteroatoms. The highest BCUT2D eigenvalue weighted by atomic mass is 35.5. The molecule has 0 saturated carbocycles. The minimum atomic E-state index is -0.340. The Bertz CT molecular complexity index is 1190. The molecule has 1 aromatic heterocycles. The van der Waals surface area contributed by atoms with Crippen LogP contribution in [-0.2, 0) is 6.61 Å². The monoisotopic (exact) mass is 435 g/mol. The van der Waals surface area contributed by atoms with Gasteiger partial charge in [0, 0.05) is 11.3 Å². The Balaban J connectivity index is 1.45. The molecule has 1 heterocycles. The molecule has 0 bridgehead atoms. The first-order valence-corrected chi connectivity index (χ1v) is 9.76. The molecule has 0 radical (unpaired) electrons. The molecule has 0 saturated heterocycles. The lowest BCUT2D eigenvalue weighted by atomic mass is 10.2. The van der Waals surface area contributed by atoms with Crippen molar-refractivity contribution in [1.82, 2.24) is 10.1 Å². The first kappa shape index (κ1) is 20.4. The molecule has 0 aliphatic rings. The second kappa shape index (κ2) is 9.32. The molecule has 0 fully saturated rings. The SMILES string of the molecule is COc1ccc(NC(=O)c2ccccc2OCc2nc(-c3ccccc3)no2)cc1Cl. The van der Waals surface area contributed by atoms with Crippen molar-refractivity contribution in [2.24, 2.45) is 0 Å². The van der Waals surface area contributed by atoms with Gasteiger partial charge in [-0.05, 0) is 30.3 Å². The fourth-order valence-electron chi connectivity index (χ4n) is 2.88. The van der Waals surface area contributed by atoms with Crippen LogP contribution in [0.15, 0.2) is 77.3 Å². The van der Waals surface area contributed by atoms with Gasteiger partial charge in [0.15, 0.2) is 6.61 Å². The lowest BCUT2D eigenvalue weighted by Gasteiger charge is -2.11. The van der Waals surface area contributed by atoms with Crippen molar-refractivity contribution in [3.05, 3.63) is 89.3 Å². The number of hydrogen-bond acceptors (Lipinski definition) is 6. The summed E-state index contributed by atoms with van der Waals surface area (Å²) in [5.74, 6) is 1.35. The molecule has 0 aliphatic carbocycles. The number of aromatic nitrogens is 2. The van der Waals surface area contributed by atoms with Crippen LogP contribution in [0.25, 0.3) is 11.4 Å². The summed E-state index contributed by atoms with van der Waals surface area (Å²) in [5, 5.41) is 7.17. The van der Waals surface area contributed by atoms with Crippen molar-refractivity contribution in [1.29, 1.82) is 0 Å². The predicted octanol–water partition coefficient (Wildman–Crippen LogP) is 5.23. The van der Waals surface area contributed by atoms with E-state index in [1.165, 1.54) is 7.11 Å². The molecular formula is C23H18ClN3O4. The molecule has 0 atom stereocenters. The zero-order chi connectivity index (χ0) is 21.6. The summed E-state index contributed by atoms with van der Waals surface area (Å²) in [6.45, 7) is 0.0263. The van der Waals surface area contributed by atoms with Gasteiger partial charge in [-0.2, -0.15) is 4.98 Å². The van der Waals surface area contributed by atoms with Crippen LogP contribution in [0.3, 0.4) is 0 Å². The number of ether oxygens (including phenoxy) is 2. The van der Waals surface area contributed by atoms with Crippen LogP contribution in [0.1, 0.15) is 16.2 Å². The fraction of sp³-hybridized carbons (Fsp3) is 0.0870. The number of para-hydroxylation sites is 1. The molecule has 0 spiro atoms. The molecule has 1 amide bonds. The van der Waals surface area contributed by atoms with E-state index in [2.05, 4.69) is 15.5 Å². The lowest BCUT2D eigenvalue weighted by molar-refractivity contribution is 0.102.